The van der Waals surface area contributed by atoms with Gasteiger partial charge in [0.2, 0.25) is 0 Å². The first-order valence-corrected chi connectivity index (χ1v) is 9.24. The minimum Gasteiger partial charge on any atom is -0.488 e. The van der Waals surface area contributed by atoms with E-state index in [-0.39, 0.29) is 11.0 Å². The van der Waals surface area contributed by atoms with Crippen LogP contribution in [-0.2, 0) is 0 Å². The van der Waals surface area contributed by atoms with Crippen molar-refractivity contribution >= 4 is 11.6 Å². The average Bonchev–Trinajstić information content (AvgIpc) is 3.18. The lowest BCUT2D eigenvalue weighted by Gasteiger charge is -2.23. The number of aromatic nitrogens is 4. The first-order chi connectivity index (χ1) is 13.2. The number of piperidine rings is 1. The van der Waals surface area contributed by atoms with Gasteiger partial charge in [-0.2, -0.15) is 5.10 Å². The zero-order valence-electron chi connectivity index (χ0n) is 14.6. The van der Waals surface area contributed by atoms with Crippen LogP contribution in [0.1, 0.15) is 12.8 Å². The Morgan fingerprint density at radius 1 is 1.22 bits per heavy atom. The standard InChI is InChI=1S/C19H19ClFN5O/c20-19-18(27-11-13-5-7-22-8-6-13)17(23-12-24-19)14-9-25-26(10-14)16-4-2-1-3-15(16)21/h1-4,9-10,12-13,22H,5-8,11H2. The molecule has 6 nitrogen and oxygen atoms in total. The second-order valence-corrected chi connectivity index (χ2v) is 6.83. The van der Waals surface area contributed by atoms with Crippen molar-refractivity contribution in [2.24, 2.45) is 5.92 Å². The largest absolute Gasteiger partial charge is 0.488 e. The Kier molecular flexibility index (Phi) is 5.31. The molecular formula is C19H19ClFN5O. The molecule has 1 saturated heterocycles. The van der Waals surface area contributed by atoms with E-state index in [0.29, 0.717) is 35.2 Å². The maximum Gasteiger partial charge on any atom is 0.183 e. The lowest BCUT2D eigenvalue weighted by molar-refractivity contribution is 0.215. The van der Waals surface area contributed by atoms with E-state index in [1.807, 2.05) is 0 Å². The number of hydrogen-bond donors (Lipinski definition) is 1. The van der Waals surface area contributed by atoms with Gasteiger partial charge >= 0.3 is 0 Å². The van der Waals surface area contributed by atoms with Gasteiger partial charge in [0, 0.05) is 11.8 Å². The third-order valence-corrected chi connectivity index (χ3v) is 4.91. The zero-order chi connectivity index (χ0) is 18.6. The van der Waals surface area contributed by atoms with Crippen LogP contribution < -0.4 is 10.1 Å². The summed E-state index contributed by atoms with van der Waals surface area (Å²) < 4.78 is 21.5. The van der Waals surface area contributed by atoms with Crippen LogP contribution in [0, 0.1) is 11.7 Å². The van der Waals surface area contributed by atoms with Crippen LogP contribution in [0.15, 0.2) is 43.0 Å². The van der Waals surface area contributed by atoms with Gasteiger partial charge in [0.1, 0.15) is 23.5 Å². The smallest absolute Gasteiger partial charge is 0.183 e. The molecule has 1 aliphatic rings. The van der Waals surface area contributed by atoms with Crippen molar-refractivity contribution in [1.82, 2.24) is 25.1 Å². The maximum atomic E-state index is 14.0. The highest BCUT2D eigenvalue weighted by Gasteiger charge is 2.19. The molecule has 1 aliphatic heterocycles. The van der Waals surface area contributed by atoms with Crippen molar-refractivity contribution in [3.63, 3.8) is 0 Å². The summed E-state index contributed by atoms with van der Waals surface area (Å²) in [5.74, 6) is 0.553. The van der Waals surface area contributed by atoms with Gasteiger partial charge in [0.15, 0.2) is 10.9 Å². The third kappa shape index (κ3) is 3.94. The molecular weight excluding hydrogens is 369 g/mol. The highest BCUT2D eigenvalue weighted by molar-refractivity contribution is 6.31. The molecule has 0 atom stereocenters. The van der Waals surface area contributed by atoms with Crippen LogP contribution in [0.3, 0.4) is 0 Å². The summed E-state index contributed by atoms with van der Waals surface area (Å²) in [7, 11) is 0. The minimum absolute atomic E-state index is 0.257. The molecule has 8 heteroatoms. The molecule has 1 N–H and O–H groups in total. The summed E-state index contributed by atoms with van der Waals surface area (Å²) in [5, 5.41) is 7.85. The van der Waals surface area contributed by atoms with E-state index in [9.17, 15) is 4.39 Å². The molecule has 1 aromatic carbocycles. The summed E-state index contributed by atoms with van der Waals surface area (Å²) in [6.45, 7) is 2.55. The minimum atomic E-state index is -0.352. The van der Waals surface area contributed by atoms with E-state index in [2.05, 4.69) is 20.4 Å². The van der Waals surface area contributed by atoms with Crippen LogP contribution in [0.4, 0.5) is 4.39 Å². The molecule has 3 heterocycles. The number of benzene rings is 1. The summed E-state index contributed by atoms with van der Waals surface area (Å²) in [6, 6.07) is 6.45. The fraction of sp³-hybridized carbons (Fsp3) is 0.316. The molecule has 4 rings (SSSR count). The molecule has 27 heavy (non-hydrogen) atoms. The van der Waals surface area contributed by atoms with Crippen molar-refractivity contribution in [2.45, 2.75) is 12.8 Å². The fourth-order valence-corrected chi connectivity index (χ4v) is 3.34. The van der Waals surface area contributed by atoms with Crippen molar-refractivity contribution in [3.05, 3.63) is 54.0 Å². The Morgan fingerprint density at radius 3 is 2.85 bits per heavy atom. The number of para-hydroxylation sites is 1. The first-order valence-electron chi connectivity index (χ1n) is 8.86. The summed E-state index contributed by atoms with van der Waals surface area (Å²) in [5.41, 5.74) is 1.59. The van der Waals surface area contributed by atoms with Crippen molar-refractivity contribution in [2.75, 3.05) is 19.7 Å². The van der Waals surface area contributed by atoms with E-state index >= 15 is 0 Å². The molecule has 140 valence electrons. The van der Waals surface area contributed by atoms with Crippen LogP contribution >= 0.6 is 11.6 Å². The van der Waals surface area contributed by atoms with E-state index in [1.54, 1.807) is 30.6 Å². The van der Waals surface area contributed by atoms with Gasteiger partial charge in [-0.25, -0.2) is 19.0 Å². The van der Waals surface area contributed by atoms with Gasteiger partial charge in [-0.1, -0.05) is 23.7 Å². The quantitative estimate of drug-likeness (QED) is 0.679. The zero-order valence-corrected chi connectivity index (χ0v) is 15.4. The molecule has 2 aromatic heterocycles. The van der Waals surface area contributed by atoms with Crippen molar-refractivity contribution in [1.29, 1.82) is 0 Å². The Labute approximate surface area is 161 Å². The number of hydrogen-bond acceptors (Lipinski definition) is 5. The fourth-order valence-electron chi connectivity index (χ4n) is 3.15. The summed E-state index contributed by atoms with van der Waals surface area (Å²) in [6.07, 6.45) is 6.82. The van der Waals surface area contributed by atoms with Gasteiger partial charge < -0.3 is 10.1 Å². The van der Waals surface area contributed by atoms with Gasteiger partial charge in [-0.05, 0) is 44.0 Å². The normalized spacial score (nSPS) is 15.0. The number of rotatable bonds is 5. The molecule has 1 fully saturated rings. The highest BCUT2D eigenvalue weighted by atomic mass is 35.5. The Bertz CT molecular complexity index is 926. The lowest BCUT2D eigenvalue weighted by Crippen LogP contribution is -2.30. The van der Waals surface area contributed by atoms with Crippen LogP contribution in [0.25, 0.3) is 16.9 Å². The monoisotopic (exact) mass is 387 g/mol. The molecule has 0 aliphatic carbocycles. The molecule has 0 unspecified atom stereocenters. The molecule has 0 saturated carbocycles. The topological polar surface area (TPSA) is 64.9 Å². The molecule has 0 bridgehead atoms. The van der Waals surface area contributed by atoms with Gasteiger partial charge in [-0.3, -0.25) is 0 Å². The lowest BCUT2D eigenvalue weighted by atomic mass is 9.99. The number of halogens is 2. The maximum absolute atomic E-state index is 14.0. The molecule has 0 radical (unpaired) electrons. The molecule has 0 spiro atoms. The number of nitrogens with zero attached hydrogens (tertiary/aromatic N) is 4. The Morgan fingerprint density at radius 2 is 2.04 bits per heavy atom. The number of ether oxygens (including phenoxy) is 1. The Hall–Kier alpha value is -2.51. The van der Waals surface area contributed by atoms with Gasteiger partial charge in [0.05, 0.1) is 12.8 Å². The van der Waals surface area contributed by atoms with Gasteiger partial charge in [-0.15, -0.1) is 0 Å². The Balaban J connectivity index is 1.60. The van der Waals surface area contributed by atoms with Crippen molar-refractivity contribution < 1.29 is 9.13 Å². The number of nitrogens with one attached hydrogen (secondary N) is 1. The molecule has 3 aromatic rings. The first kappa shape index (κ1) is 17.9. The van der Waals surface area contributed by atoms with Crippen LogP contribution in [0.5, 0.6) is 5.75 Å². The molecule has 0 amide bonds. The summed E-state index contributed by atoms with van der Waals surface area (Å²) >= 11 is 6.27. The van der Waals surface area contributed by atoms with E-state index in [0.717, 1.165) is 25.9 Å². The van der Waals surface area contributed by atoms with E-state index < -0.39 is 0 Å². The predicted molar refractivity (Wildman–Crippen MR) is 101 cm³/mol. The second kappa shape index (κ2) is 8.02. The predicted octanol–water partition coefficient (Wildman–Crippen LogP) is 3.50. The second-order valence-electron chi connectivity index (χ2n) is 6.47. The van der Waals surface area contributed by atoms with Crippen molar-refractivity contribution in [3.8, 4) is 22.7 Å². The average molecular weight is 388 g/mol. The SMILES string of the molecule is Fc1ccccc1-n1cc(-c2ncnc(Cl)c2OCC2CCNCC2)cn1. The third-order valence-electron chi connectivity index (χ3n) is 4.64. The van der Waals surface area contributed by atoms with E-state index in [4.69, 9.17) is 16.3 Å². The highest BCUT2D eigenvalue weighted by Crippen LogP contribution is 2.33. The van der Waals surface area contributed by atoms with E-state index in [1.165, 1.54) is 17.1 Å². The van der Waals surface area contributed by atoms with Crippen LogP contribution in [0.2, 0.25) is 5.15 Å². The van der Waals surface area contributed by atoms with Gasteiger partial charge in [0.25, 0.3) is 0 Å². The summed E-state index contributed by atoms with van der Waals surface area (Å²) in [4.78, 5) is 8.36. The van der Waals surface area contributed by atoms with Crippen LogP contribution in [-0.4, -0.2) is 39.4 Å².